The second-order valence-corrected chi connectivity index (χ2v) is 7.32. The van der Waals surface area contributed by atoms with E-state index in [-0.39, 0.29) is 23.3 Å². The van der Waals surface area contributed by atoms with Gasteiger partial charge in [0, 0.05) is 29.3 Å². The Morgan fingerprint density at radius 2 is 2.04 bits per heavy atom. The van der Waals surface area contributed by atoms with E-state index in [2.05, 4.69) is 15.0 Å². The average molecular weight is 376 g/mol. The highest BCUT2D eigenvalue weighted by atomic mass is 35.5. The number of nitrogens with zero attached hydrogens (tertiary/aromatic N) is 4. The van der Waals surface area contributed by atoms with E-state index in [1.807, 2.05) is 32.6 Å². The fourth-order valence-electron chi connectivity index (χ4n) is 3.28. The van der Waals surface area contributed by atoms with Gasteiger partial charge in [0.1, 0.15) is 16.7 Å². The Kier molecular flexibility index (Phi) is 4.52. The van der Waals surface area contributed by atoms with Crippen molar-refractivity contribution in [3.8, 4) is 5.75 Å². The summed E-state index contributed by atoms with van der Waals surface area (Å²) in [5.74, 6) is 1.48. The van der Waals surface area contributed by atoms with Crippen LogP contribution in [0.4, 0.5) is 11.8 Å². The lowest BCUT2D eigenvalue weighted by molar-refractivity contribution is -0.123. The highest BCUT2D eigenvalue weighted by Crippen LogP contribution is 2.38. The van der Waals surface area contributed by atoms with Crippen LogP contribution < -0.4 is 15.4 Å². The number of anilines is 2. The lowest BCUT2D eigenvalue weighted by Gasteiger charge is -2.42. The number of carbonyl (C=O) groups is 1. The van der Waals surface area contributed by atoms with Crippen molar-refractivity contribution in [3.05, 3.63) is 33.7 Å². The van der Waals surface area contributed by atoms with Gasteiger partial charge in [-0.1, -0.05) is 11.6 Å². The zero-order valence-electron chi connectivity index (χ0n) is 15.6. The van der Waals surface area contributed by atoms with Crippen molar-refractivity contribution in [1.29, 1.82) is 0 Å². The molecule has 8 heteroatoms. The number of pyridine rings is 1. The molecule has 2 aromatic rings. The fraction of sp³-hybridized carbons (Fsp3) is 0.444. The minimum absolute atomic E-state index is 0.0389. The maximum atomic E-state index is 12.7. The molecule has 7 nitrogen and oxygen atoms in total. The van der Waals surface area contributed by atoms with E-state index in [1.54, 1.807) is 13.3 Å². The van der Waals surface area contributed by atoms with Crippen LogP contribution in [0.1, 0.15) is 36.2 Å². The topological polar surface area (TPSA) is 94.2 Å². The molecule has 26 heavy (non-hydrogen) atoms. The molecule has 138 valence electrons. The summed E-state index contributed by atoms with van der Waals surface area (Å²) in [6.45, 7) is 8.01. The van der Waals surface area contributed by atoms with Crippen molar-refractivity contribution in [3.63, 3.8) is 0 Å². The average Bonchev–Trinajstić information content (AvgIpc) is 2.55. The number of hydrogen-bond acceptors (Lipinski definition) is 7. The third-order valence-corrected chi connectivity index (χ3v) is 5.27. The van der Waals surface area contributed by atoms with Gasteiger partial charge in [0.15, 0.2) is 5.78 Å². The van der Waals surface area contributed by atoms with E-state index in [9.17, 15) is 4.79 Å². The Bertz CT molecular complexity index is 898. The van der Waals surface area contributed by atoms with Gasteiger partial charge in [-0.2, -0.15) is 4.98 Å². The summed E-state index contributed by atoms with van der Waals surface area (Å²) in [5.41, 5.74) is 8.31. The van der Waals surface area contributed by atoms with Gasteiger partial charge in [-0.15, -0.1) is 0 Å². The number of nitrogen functional groups attached to an aromatic ring is 1. The number of halogens is 1. The van der Waals surface area contributed by atoms with Gasteiger partial charge in [-0.25, -0.2) is 4.98 Å². The summed E-state index contributed by atoms with van der Waals surface area (Å²) in [7, 11) is 1.64. The number of hydrogen-bond donors (Lipinski definition) is 1. The highest BCUT2D eigenvalue weighted by molar-refractivity contribution is 6.31. The number of rotatable bonds is 3. The molecule has 0 aromatic carbocycles. The number of methoxy groups -OCH3 is 1. The minimum atomic E-state index is -0.774. The molecule has 0 atom stereocenters. The molecule has 1 aliphatic heterocycles. The standard InChI is InChI=1S/C18H22ClN5O2/c1-9-7-21-12(10(2)14(9)26-5)8-24-16-11(6-13(25)18(24,3)4)15(19)22-17(20)23-16/h7H,6,8H2,1-5H3,(H2,20,22,23). The number of ketones is 1. The summed E-state index contributed by atoms with van der Waals surface area (Å²) >= 11 is 6.23. The Balaban J connectivity index is 2.14. The van der Waals surface area contributed by atoms with E-state index in [1.165, 1.54) is 0 Å². The Morgan fingerprint density at radius 3 is 2.69 bits per heavy atom. The third kappa shape index (κ3) is 2.86. The van der Waals surface area contributed by atoms with Crippen LogP contribution in [-0.2, 0) is 17.8 Å². The predicted octanol–water partition coefficient (Wildman–Crippen LogP) is 2.64. The lowest BCUT2D eigenvalue weighted by atomic mass is 9.87. The first-order chi connectivity index (χ1) is 12.2. The third-order valence-electron chi connectivity index (χ3n) is 4.96. The Morgan fingerprint density at radius 1 is 1.35 bits per heavy atom. The SMILES string of the molecule is COc1c(C)cnc(CN2c3nc(N)nc(Cl)c3CC(=O)C2(C)C)c1C. The van der Waals surface area contributed by atoms with E-state index >= 15 is 0 Å². The summed E-state index contributed by atoms with van der Waals surface area (Å²) in [4.78, 5) is 27.5. The number of nitrogens with two attached hydrogens (primary N) is 1. The van der Waals surface area contributed by atoms with Crippen molar-refractivity contribution in [2.45, 2.75) is 46.2 Å². The van der Waals surface area contributed by atoms with Crippen molar-refractivity contribution in [1.82, 2.24) is 15.0 Å². The molecule has 0 spiro atoms. The number of aromatic nitrogens is 3. The van der Waals surface area contributed by atoms with Crippen LogP contribution >= 0.6 is 11.6 Å². The van der Waals surface area contributed by atoms with Crippen LogP contribution in [0.25, 0.3) is 0 Å². The molecule has 0 saturated carbocycles. The molecule has 0 radical (unpaired) electrons. The highest BCUT2D eigenvalue weighted by Gasteiger charge is 2.42. The molecule has 0 fully saturated rings. The Hall–Kier alpha value is -2.41. The fourth-order valence-corrected chi connectivity index (χ4v) is 3.52. The summed E-state index contributed by atoms with van der Waals surface area (Å²) in [6, 6.07) is 0. The van der Waals surface area contributed by atoms with Crippen LogP contribution in [-0.4, -0.2) is 33.4 Å². The quantitative estimate of drug-likeness (QED) is 0.824. The summed E-state index contributed by atoms with van der Waals surface area (Å²) in [6.07, 6.45) is 1.95. The first kappa shape index (κ1) is 18.4. The van der Waals surface area contributed by atoms with Crippen molar-refractivity contribution in [2.24, 2.45) is 0 Å². The van der Waals surface area contributed by atoms with Gasteiger partial charge < -0.3 is 15.4 Å². The zero-order chi connectivity index (χ0) is 19.2. The normalized spacial score (nSPS) is 15.8. The smallest absolute Gasteiger partial charge is 0.223 e. The van der Waals surface area contributed by atoms with E-state index in [4.69, 9.17) is 22.1 Å². The number of carbonyl (C=O) groups excluding carboxylic acids is 1. The van der Waals surface area contributed by atoms with E-state index in [0.29, 0.717) is 17.9 Å². The maximum absolute atomic E-state index is 12.7. The Labute approximate surface area is 157 Å². The minimum Gasteiger partial charge on any atom is -0.496 e. The summed E-state index contributed by atoms with van der Waals surface area (Å²) < 4.78 is 5.49. The van der Waals surface area contributed by atoms with Crippen LogP contribution in [0.3, 0.4) is 0 Å². The second-order valence-electron chi connectivity index (χ2n) is 6.97. The molecule has 0 aliphatic carbocycles. The molecule has 0 saturated heterocycles. The van der Waals surface area contributed by atoms with E-state index in [0.717, 1.165) is 22.6 Å². The molecule has 2 N–H and O–H groups in total. The molecule has 0 amide bonds. The number of aryl methyl sites for hydroxylation is 1. The lowest BCUT2D eigenvalue weighted by Crippen LogP contribution is -2.54. The van der Waals surface area contributed by atoms with Gasteiger partial charge in [-0.05, 0) is 27.7 Å². The molecule has 3 rings (SSSR count). The zero-order valence-corrected chi connectivity index (χ0v) is 16.3. The van der Waals surface area contributed by atoms with Crippen LogP contribution in [0, 0.1) is 13.8 Å². The van der Waals surface area contributed by atoms with Crippen LogP contribution in [0.5, 0.6) is 5.75 Å². The van der Waals surface area contributed by atoms with Gasteiger partial charge in [0.25, 0.3) is 0 Å². The first-order valence-electron chi connectivity index (χ1n) is 8.28. The number of fused-ring (bicyclic) bond motifs is 1. The summed E-state index contributed by atoms with van der Waals surface area (Å²) in [5, 5.41) is 0.215. The first-order valence-corrected chi connectivity index (χ1v) is 8.66. The predicted molar refractivity (Wildman–Crippen MR) is 101 cm³/mol. The number of ether oxygens (including phenoxy) is 1. The molecule has 0 unspecified atom stereocenters. The second kappa shape index (κ2) is 6.39. The molecular formula is C18H22ClN5O2. The molecule has 3 heterocycles. The van der Waals surface area contributed by atoms with Crippen LogP contribution in [0.2, 0.25) is 5.15 Å². The van der Waals surface area contributed by atoms with Gasteiger partial charge in [0.05, 0.1) is 24.9 Å². The largest absolute Gasteiger partial charge is 0.496 e. The van der Waals surface area contributed by atoms with Crippen molar-refractivity contribution < 1.29 is 9.53 Å². The molecule has 2 aromatic heterocycles. The monoisotopic (exact) mass is 375 g/mol. The van der Waals surface area contributed by atoms with Crippen LogP contribution in [0.15, 0.2) is 6.20 Å². The number of Topliss-reactive ketones (excluding diaryl/α,β-unsaturated/α-hetero) is 1. The molecule has 1 aliphatic rings. The van der Waals surface area contributed by atoms with Crippen molar-refractivity contribution >= 4 is 29.2 Å². The molecular weight excluding hydrogens is 354 g/mol. The van der Waals surface area contributed by atoms with Gasteiger partial charge in [0.2, 0.25) is 5.95 Å². The van der Waals surface area contributed by atoms with Crippen molar-refractivity contribution in [2.75, 3.05) is 17.7 Å². The van der Waals surface area contributed by atoms with Gasteiger partial charge >= 0.3 is 0 Å². The van der Waals surface area contributed by atoms with E-state index < -0.39 is 5.54 Å². The maximum Gasteiger partial charge on any atom is 0.223 e. The molecule has 0 bridgehead atoms. The van der Waals surface area contributed by atoms with Gasteiger partial charge in [-0.3, -0.25) is 9.78 Å².